The number of nitrogens with zero attached hydrogens (tertiary/aromatic N) is 3. The van der Waals surface area contributed by atoms with Crippen LogP contribution < -0.4 is 10.6 Å². The Morgan fingerprint density at radius 1 is 0.971 bits per heavy atom. The second kappa shape index (κ2) is 9.86. The Labute approximate surface area is 191 Å². The van der Waals surface area contributed by atoms with Gasteiger partial charge in [-0.3, -0.25) is 9.59 Å². The molecule has 2 N–H and O–H groups in total. The van der Waals surface area contributed by atoms with E-state index in [9.17, 15) is 23.2 Å². The van der Waals surface area contributed by atoms with E-state index in [-0.39, 0.29) is 16.9 Å². The number of fused-ring (bicyclic) bond motifs is 1. The highest BCUT2D eigenvalue weighted by molar-refractivity contribution is 5.98. The van der Waals surface area contributed by atoms with Crippen molar-refractivity contribution in [2.24, 2.45) is 0 Å². The van der Waals surface area contributed by atoms with Crippen LogP contribution in [0.25, 0.3) is 16.9 Å². The first kappa shape index (κ1) is 22.5. The third-order valence-corrected chi connectivity index (χ3v) is 4.67. The first-order valence-electron chi connectivity index (χ1n) is 9.99. The molecule has 34 heavy (non-hydrogen) atoms. The smallest absolute Gasteiger partial charge is 0.344 e. The third-order valence-electron chi connectivity index (χ3n) is 4.67. The number of benzene rings is 2. The van der Waals surface area contributed by atoms with Gasteiger partial charge in [-0.2, -0.15) is 5.10 Å². The molecule has 0 saturated carbocycles. The molecular formula is C23H17F2N5O4. The van der Waals surface area contributed by atoms with Crippen molar-refractivity contribution < 1.29 is 27.9 Å². The van der Waals surface area contributed by atoms with Crippen LogP contribution in [0.1, 0.15) is 10.4 Å². The van der Waals surface area contributed by atoms with Crippen LogP contribution in [0.4, 0.5) is 14.5 Å². The van der Waals surface area contributed by atoms with Gasteiger partial charge in [0.2, 0.25) is 5.91 Å². The summed E-state index contributed by atoms with van der Waals surface area (Å²) in [5.74, 6) is -4.39. The van der Waals surface area contributed by atoms with Crippen molar-refractivity contribution in [1.82, 2.24) is 19.9 Å². The van der Waals surface area contributed by atoms with Gasteiger partial charge in [0.05, 0.1) is 18.4 Å². The Morgan fingerprint density at radius 3 is 2.53 bits per heavy atom. The molecule has 4 rings (SSSR count). The van der Waals surface area contributed by atoms with Gasteiger partial charge in [0.1, 0.15) is 5.56 Å². The maximum atomic E-state index is 13.2. The molecule has 0 aliphatic heterocycles. The van der Waals surface area contributed by atoms with Gasteiger partial charge in [0, 0.05) is 23.5 Å². The lowest BCUT2D eigenvalue weighted by molar-refractivity contribution is -0.126. The Morgan fingerprint density at radius 2 is 1.76 bits per heavy atom. The fourth-order valence-electron chi connectivity index (χ4n) is 3.08. The van der Waals surface area contributed by atoms with Crippen LogP contribution >= 0.6 is 0 Å². The summed E-state index contributed by atoms with van der Waals surface area (Å²) in [6.07, 6.45) is 2.83. The zero-order valence-electron chi connectivity index (χ0n) is 17.5. The van der Waals surface area contributed by atoms with Gasteiger partial charge in [0.15, 0.2) is 23.9 Å². The third kappa shape index (κ3) is 5.04. The van der Waals surface area contributed by atoms with E-state index in [0.717, 1.165) is 23.4 Å². The van der Waals surface area contributed by atoms with E-state index in [1.54, 1.807) is 6.07 Å². The predicted octanol–water partition coefficient (Wildman–Crippen LogP) is 2.59. The number of amides is 2. The van der Waals surface area contributed by atoms with Crippen molar-refractivity contribution in [1.29, 1.82) is 0 Å². The number of anilines is 1. The van der Waals surface area contributed by atoms with Gasteiger partial charge in [-0.15, -0.1) is 0 Å². The zero-order valence-corrected chi connectivity index (χ0v) is 17.5. The van der Waals surface area contributed by atoms with Crippen molar-refractivity contribution in [3.63, 3.8) is 0 Å². The van der Waals surface area contributed by atoms with Gasteiger partial charge in [-0.1, -0.05) is 30.3 Å². The van der Waals surface area contributed by atoms with Gasteiger partial charge in [0.25, 0.3) is 5.91 Å². The number of carbonyl (C=O) groups excluding carboxylic acids is 3. The molecule has 0 bridgehead atoms. The van der Waals surface area contributed by atoms with Crippen molar-refractivity contribution in [3.8, 4) is 11.3 Å². The van der Waals surface area contributed by atoms with E-state index in [2.05, 4.69) is 20.7 Å². The molecule has 0 saturated heterocycles. The van der Waals surface area contributed by atoms with Crippen molar-refractivity contribution >= 4 is 29.1 Å². The normalized spacial score (nSPS) is 10.6. The summed E-state index contributed by atoms with van der Waals surface area (Å²) in [7, 11) is 0. The lowest BCUT2D eigenvalue weighted by Crippen LogP contribution is -2.35. The Balaban J connectivity index is 1.32. The van der Waals surface area contributed by atoms with Crippen LogP contribution in [-0.4, -0.2) is 45.5 Å². The molecule has 0 aliphatic carbocycles. The van der Waals surface area contributed by atoms with Gasteiger partial charge in [-0.25, -0.2) is 23.1 Å². The number of hydrogen-bond acceptors (Lipinski definition) is 6. The Kier molecular flexibility index (Phi) is 6.53. The second-order valence-electron chi connectivity index (χ2n) is 7.02. The predicted molar refractivity (Wildman–Crippen MR) is 117 cm³/mol. The summed E-state index contributed by atoms with van der Waals surface area (Å²) in [6, 6.07) is 14.0. The average molecular weight is 465 g/mol. The number of nitrogens with one attached hydrogen (secondary N) is 2. The number of halogens is 2. The highest BCUT2D eigenvalue weighted by Crippen LogP contribution is 2.21. The van der Waals surface area contributed by atoms with Crippen LogP contribution in [0.5, 0.6) is 0 Å². The molecule has 0 radical (unpaired) electrons. The fourth-order valence-corrected chi connectivity index (χ4v) is 3.08. The summed E-state index contributed by atoms with van der Waals surface area (Å²) in [5.41, 5.74) is 1.95. The summed E-state index contributed by atoms with van der Waals surface area (Å²) in [4.78, 5) is 40.5. The molecule has 0 unspecified atom stereocenters. The first-order valence-corrected chi connectivity index (χ1v) is 9.99. The summed E-state index contributed by atoms with van der Waals surface area (Å²) in [5, 5.41) is 8.77. The first-order chi connectivity index (χ1) is 16.4. The Bertz CT molecular complexity index is 1370. The number of hydrogen-bond donors (Lipinski definition) is 2. The minimum Gasteiger partial charge on any atom is -0.452 e. The lowest BCUT2D eigenvalue weighted by atomic mass is 10.1. The Hall–Kier alpha value is -4.67. The molecule has 172 valence electrons. The van der Waals surface area contributed by atoms with E-state index in [1.807, 2.05) is 30.3 Å². The number of ether oxygens (including phenoxy) is 1. The van der Waals surface area contributed by atoms with E-state index < -0.39 is 42.6 Å². The fraction of sp³-hybridized carbons (Fsp3) is 0.0870. The summed E-state index contributed by atoms with van der Waals surface area (Å²) < 4.78 is 32.6. The summed E-state index contributed by atoms with van der Waals surface area (Å²) >= 11 is 0. The molecule has 2 aromatic carbocycles. The molecule has 9 nitrogen and oxygen atoms in total. The number of esters is 1. The van der Waals surface area contributed by atoms with E-state index in [4.69, 9.17) is 4.74 Å². The SMILES string of the molecule is O=C(COC(=O)c1cnn2c(-c3ccccc3)ccnc12)NCC(=O)Nc1ccc(F)c(F)c1. The molecule has 0 aliphatic rings. The quantitative estimate of drug-likeness (QED) is 0.406. The van der Waals surface area contributed by atoms with Crippen LogP contribution in [0.2, 0.25) is 0 Å². The largest absolute Gasteiger partial charge is 0.452 e. The van der Waals surface area contributed by atoms with E-state index >= 15 is 0 Å². The van der Waals surface area contributed by atoms with Gasteiger partial charge < -0.3 is 15.4 Å². The van der Waals surface area contributed by atoms with Crippen LogP contribution in [0, 0.1) is 11.6 Å². The topological polar surface area (TPSA) is 115 Å². The lowest BCUT2D eigenvalue weighted by Gasteiger charge is -2.08. The molecule has 2 amide bonds. The van der Waals surface area contributed by atoms with Gasteiger partial charge >= 0.3 is 5.97 Å². The van der Waals surface area contributed by atoms with E-state index in [0.29, 0.717) is 0 Å². The number of rotatable bonds is 7. The van der Waals surface area contributed by atoms with Crippen molar-refractivity contribution in [3.05, 3.63) is 84.2 Å². The standard InChI is InChI=1S/C23H17F2N5O4/c24-17-7-6-15(10-18(17)25)29-20(31)12-27-21(32)13-34-23(33)16-11-28-30-19(8-9-26-22(16)30)14-4-2-1-3-5-14/h1-11H,12-13H2,(H,27,32)(H,29,31). The molecule has 0 fully saturated rings. The molecule has 4 aromatic rings. The minimum absolute atomic E-state index is 0.0278. The highest BCUT2D eigenvalue weighted by atomic mass is 19.2. The maximum Gasteiger partial charge on any atom is 0.344 e. The molecular weight excluding hydrogens is 448 g/mol. The number of aromatic nitrogens is 3. The van der Waals surface area contributed by atoms with Crippen LogP contribution in [0.3, 0.4) is 0 Å². The molecule has 2 aromatic heterocycles. The average Bonchev–Trinajstić information content (AvgIpc) is 3.28. The molecule has 0 atom stereocenters. The monoisotopic (exact) mass is 465 g/mol. The van der Waals surface area contributed by atoms with Crippen molar-refractivity contribution in [2.75, 3.05) is 18.5 Å². The molecule has 11 heteroatoms. The number of carbonyl (C=O) groups is 3. The summed E-state index contributed by atoms with van der Waals surface area (Å²) in [6.45, 7) is -1.11. The molecule has 0 spiro atoms. The van der Waals surface area contributed by atoms with Gasteiger partial charge in [-0.05, 0) is 18.2 Å². The minimum atomic E-state index is -1.12. The van der Waals surface area contributed by atoms with Crippen LogP contribution in [0.15, 0.2) is 67.0 Å². The molecule has 2 heterocycles. The van der Waals surface area contributed by atoms with Crippen LogP contribution in [-0.2, 0) is 14.3 Å². The zero-order chi connectivity index (χ0) is 24.1. The maximum absolute atomic E-state index is 13.2. The second-order valence-corrected chi connectivity index (χ2v) is 7.02. The van der Waals surface area contributed by atoms with Crippen molar-refractivity contribution in [2.45, 2.75) is 0 Å². The van der Waals surface area contributed by atoms with E-state index in [1.165, 1.54) is 23.0 Å². The highest BCUT2D eigenvalue weighted by Gasteiger charge is 2.19.